The molecule has 0 bridgehead atoms. The van der Waals surface area contributed by atoms with Crippen LogP contribution in [0, 0.1) is 6.92 Å². The number of likely N-dealkylation sites (tertiary alicyclic amines) is 1. The Morgan fingerprint density at radius 2 is 2.21 bits per heavy atom. The first-order valence-electron chi connectivity index (χ1n) is 8.31. The number of rotatable bonds is 4. The SMILES string of the molecule is Cc1nc2ccc(NC(=O)NCCN3CCCCCC3=O)cc2s1. The van der Waals surface area contributed by atoms with Gasteiger partial charge in [-0.2, -0.15) is 0 Å². The predicted molar refractivity (Wildman–Crippen MR) is 96.4 cm³/mol. The van der Waals surface area contributed by atoms with Crippen LogP contribution in [0.25, 0.3) is 10.2 Å². The number of anilines is 1. The Kier molecular flexibility index (Phi) is 5.30. The summed E-state index contributed by atoms with van der Waals surface area (Å²) in [6, 6.07) is 5.43. The molecule has 6 nitrogen and oxygen atoms in total. The minimum atomic E-state index is -0.252. The molecule has 2 aromatic rings. The first-order valence-corrected chi connectivity index (χ1v) is 9.13. The largest absolute Gasteiger partial charge is 0.341 e. The molecule has 2 heterocycles. The second kappa shape index (κ2) is 7.61. The monoisotopic (exact) mass is 346 g/mol. The maximum Gasteiger partial charge on any atom is 0.319 e. The van der Waals surface area contributed by atoms with Crippen LogP contribution < -0.4 is 10.6 Å². The van der Waals surface area contributed by atoms with E-state index in [4.69, 9.17) is 0 Å². The third-order valence-corrected chi connectivity index (χ3v) is 5.03. The number of carbonyl (C=O) groups excluding carboxylic acids is 2. The standard InChI is InChI=1S/C17H22N4O2S/c1-12-19-14-7-6-13(11-15(14)24-12)20-17(23)18-8-10-21-9-4-2-3-5-16(21)22/h6-7,11H,2-5,8-10H2,1H3,(H2,18,20,23). The number of thiazole rings is 1. The van der Waals surface area contributed by atoms with Gasteiger partial charge in [-0.05, 0) is 38.0 Å². The molecular weight excluding hydrogens is 324 g/mol. The van der Waals surface area contributed by atoms with E-state index in [0.29, 0.717) is 19.5 Å². The maximum absolute atomic E-state index is 12.0. The zero-order valence-corrected chi connectivity index (χ0v) is 14.6. The Bertz CT molecular complexity index is 743. The highest BCUT2D eigenvalue weighted by Crippen LogP contribution is 2.24. The van der Waals surface area contributed by atoms with Crippen molar-refractivity contribution in [3.05, 3.63) is 23.2 Å². The van der Waals surface area contributed by atoms with E-state index in [2.05, 4.69) is 15.6 Å². The smallest absolute Gasteiger partial charge is 0.319 e. The van der Waals surface area contributed by atoms with Crippen molar-refractivity contribution in [2.24, 2.45) is 0 Å². The van der Waals surface area contributed by atoms with Gasteiger partial charge in [0.1, 0.15) is 0 Å². The van der Waals surface area contributed by atoms with Gasteiger partial charge in [-0.25, -0.2) is 9.78 Å². The van der Waals surface area contributed by atoms with E-state index >= 15 is 0 Å². The molecule has 3 rings (SSSR count). The zero-order chi connectivity index (χ0) is 16.9. The molecular formula is C17H22N4O2S. The third-order valence-electron chi connectivity index (χ3n) is 4.09. The first-order chi connectivity index (χ1) is 11.6. The first kappa shape index (κ1) is 16.7. The topological polar surface area (TPSA) is 74.3 Å². The Labute approximate surface area is 145 Å². The summed E-state index contributed by atoms with van der Waals surface area (Å²) in [5.41, 5.74) is 1.69. The minimum Gasteiger partial charge on any atom is -0.341 e. The van der Waals surface area contributed by atoms with Gasteiger partial charge in [-0.3, -0.25) is 4.79 Å². The number of carbonyl (C=O) groups is 2. The second-order valence-electron chi connectivity index (χ2n) is 5.99. The van der Waals surface area contributed by atoms with Crippen molar-refractivity contribution in [1.82, 2.24) is 15.2 Å². The highest BCUT2D eigenvalue weighted by atomic mass is 32.1. The molecule has 0 spiro atoms. The summed E-state index contributed by atoms with van der Waals surface area (Å²) in [7, 11) is 0. The van der Waals surface area contributed by atoms with Crippen LogP contribution in [-0.2, 0) is 4.79 Å². The average Bonchev–Trinajstić information content (AvgIpc) is 2.79. The van der Waals surface area contributed by atoms with Crippen LogP contribution in [0.2, 0.25) is 0 Å². The predicted octanol–water partition coefficient (Wildman–Crippen LogP) is 3.13. The van der Waals surface area contributed by atoms with Gasteiger partial charge < -0.3 is 15.5 Å². The molecule has 1 saturated heterocycles. The quantitative estimate of drug-likeness (QED) is 0.893. The lowest BCUT2D eigenvalue weighted by Crippen LogP contribution is -2.39. The summed E-state index contributed by atoms with van der Waals surface area (Å²) in [6.07, 6.45) is 3.76. The Morgan fingerprint density at radius 1 is 1.33 bits per heavy atom. The van der Waals surface area contributed by atoms with Crippen molar-refractivity contribution in [3.63, 3.8) is 0 Å². The van der Waals surface area contributed by atoms with Crippen LogP contribution in [0.3, 0.4) is 0 Å². The van der Waals surface area contributed by atoms with Gasteiger partial charge in [0.05, 0.1) is 15.2 Å². The molecule has 1 aliphatic rings. The van der Waals surface area contributed by atoms with Gasteiger partial charge >= 0.3 is 6.03 Å². The van der Waals surface area contributed by atoms with E-state index < -0.39 is 0 Å². The number of nitrogens with one attached hydrogen (secondary N) is 2. The fourth-order valence-corrected chi connectivity index (χ4v) is 3.74. The minimum absolute atomic E-state index is 0.195. The lowest BCUT2D eigenvalue weighted by atomic mass is 10.2. The van der Waals surface area contributed by atoms with E-state index in [0.717, 1.165) is 46.7 Å². The van der Waals surface area contributed by atoms with Crippen molar-refractivity contribution in [1.29, 1.82) is 0 Å². The molecule has 0 unspecified atom stereocenters. The van der Waals surface area contributed by atoms with Crippen molar-refractivity contribution in [3.8, 4) is 0 Å². The molecule has 0 atom stereocenters. The van der Waals surface area contributed by atoms with Crippen molar-refractivity contribution in [2.75, 3.05) is 25.0 Å². The molecule has 1 aromatic carbocycles. The number of urea groups is 1. The molecule has 1 aromatic heterocycles. The highest BCUT2D eigenvalue weighted by molar-refractivity contribution is 7.18. The molecule has 0 aliphatic carbocycles. The summed E-state index contributed by atoms with van der Waals surface area (Å²) < 4.78 is 1.06. The maximum atomic E-state index is 12.0. The number of benzene rings is 1. The van der Waals surface area contributed by atoms with Gasteiger partial charge in [0.25, 0.3) is 0 Å². The van der Waals surface area contributed by atoms with E-state index in [-0.39, 0.29) is 11.9 Å². The van der Waals surface area contributed by atoms with Crippen LogP contribution in [0.4, 0.5) is 10.5 Å². The molecule has 7 heteroatoms. The van der Waals surface area contributed by atoms with Crippen LogP contribution in [0.5, 0.6) is 0 Å². The molecule has 128 valence electrons. The Balaban J connectivity index is 1.48. The van der Waals surface area contributed by atoms with Crippen molar-refractivity contribution in [2.45, 2.75) is 32.6 Å². The molecule has 0 saturated carbocycles. The number of fused-ring (bicyclic) bond motifs is 1. The number of hydrogen-bond acceptors (Lipinski definition) is 4. The zero-order valence-electron chi connectivity index (χ0n) is 13.8. The van der Waals surface area contributed by atoms with E-state index in [1.165, 1.54) is 0 Å². The van der Waals surface area contributed by atoms with Gasteiger partial charge in [-0.15, -0.1) is 11.3 Å². The van der Waals surface area contributed by atoms with Crippen LogP contribution in [-0.4, -0.2) is 41.5 Å². The fourth-order valence-electron chi connectivity index (χ4n) is 2.87. The number of aryl methyl sites for hydroxylation is 1. The number of aromatic nitrogens is 1. The molecule has 3 amide bonds. The highest BCUT2D eigenvalue weighted by Gasteiger charge is 2.16. The lowest BCUT2D eigenvalue weighted by molar-refractivity contribution is -0.130. The van der Waals surface area contributed by atoms with Gasteiger partial charge in [0.15, 0.2) is 0 Å². The van der Waals surface area contributed by atoms with E-state index in [1.807, 2.05) is 30.0 Å². The van der Waals surface area contributed by atoms with Gasteiger partial charge in [0, 0.05) is 31.7 Å². The Morgan fingerprint density at radius 3 is 3.08 bits per heavy atom. The number of amides is 3. The average molecular weight is 346 g/mol. The normalized spacial score (nSPS) is 15.4. The number of hydrogen-bond donors (Lipinski definition) is 2. The lowest BCUT2D eigenvalue weighted by Gasteiger charge is -2.20. The van der Waals surface area contributed by atoms with Crippen LogP contribution in [0.15, 0.2) is 18.2 Å². The van der Waals surface area contributed by atoms with Crippen molar-refractivity contribution < 1.29 is 9.59 Å². The molecule has 1 aliphatic heterocycles. The molecule has 1 fully saturated rings. The molecule has 0 radical (unpaired) electrons. The van der Waals surface area contributed by atoms with E-state index in [1.54, 1.807) is 11.3 Å². The summed E-state index contributed by atoms with van der Waals surface area (Å²) in [6.45, 7) is 3.79. The summed E-state index contributed by atoms with van der Waals surface area (Å²) in [5.74, 6) is 0.195. The van der Waals surface area contributed by atoms with E-state index in [9.17, 15) is 9.59 Å². The Hall–Kier alpha value is -2.15. The molecule has 24 heavy (non-hydrogen) atoms. The number of nitrogens with zero attached hydrogens (tertiary/aromatic N) is 2. The fraction of sp³-hybridized carbons (Fsp3) is 0.471. The van der Waals surface area contributed by atoms with Crippen LogP contribution >= 0.6 is 11.3 Å². The van der Waals surface area contributed by atoms with Crippen LogP contribution in [0.1, 0.15) is 30.7 Å². The van der Waals surface area contributed by atoms with Gasteiger partial charge in [-0.1, -0.05) is 6.42 Å². The van der Waals surface area contributed by atoms with Crippen molar-refractivity contribution >= 4 is 39.2 Å². The van der Waals surface area contributed by atoms with Gasteiger partial charge in [0.2, 0.25) is 5.91 Å². The summed E-state index contributed by atoms with van der Waals surface area (Å²) in [4.78, 5) is 30.2. The second-order valence-corrected chi connectivity index (χ2v) is 7.22. The molecule has 2 N–H and O–H groups in total. The third kappa shape index (κ3) is 4.23. The summed E-state index contributed by atoms with van der Waals surface area (Å²) in [5, 5.41) is 6.65. The summed E-state index contributed by atoms with van der Waals surface area (Å²) >= 11 is 1.61.